The maximum absolute atomic E-state index is 13.9. The standard InChI is InChI=1S/C26H31FN2O3/c27-24-9-3-2-8-22(24)17-25(30)29-16-6-7-20(18-29)19-32-23-12-10-21(11-13-23)26(31)28-14-4-1-5-15-28/h2-3,8-13,20H,1,4-7,14-19H2/t20-/m0/s1. The quantitative estimate of drug-likeness (QED) is 0.675. The topological polar surface area (TPSA) is 49.9 Å². The lowest BCUT2D eigenvalue weighted by Crippen LogP contribution is -2.42. The summed E-state index contributed by atoms with van der Waals surface area (Å²) in [4.78, 5) is 29.0. The molecule has 170 valence electrons. The van der Waals surface area contributed by atoms with E-state index in [0.717, 1.165) is 44.5 Å². The van der Waals surface area contributed by atoms with E-state index in [4.69, 9.17) is 4.74 Å². The van der Waals surface area contributed by atoms with Crippen molar-refractivity contribution in [3.63, 3.8) is 0 Å². The highest BCUT2D eigenvalue weighted by Gasteiger charge is 2.25. The maximum Gasteiger partial charge on any atom is 0.253 e. The van der Waals surface area contributed by atoms with Crippen LogP contribution in [0.15, 0.2) is 48.5 Å². The zero-order chi connectivity index (χ0) is 22.3. The Bertz CT molecular complexity index is 925. The van der Waals surface area contributed by atoms with Gasteiger partial charge < -0.3 is 14.5 Å². The van der Waals surface area contributed by atoms with E-state index in [0.29, 0.717) is 30.8 Å². The fourth-order valence-electron chi connectivity index (χ4n) is 4.53. The first-order chi connectivity index (χ1) is 15.6. The number of hydrogen-bond donors (Lipinski definition) is 0. The van der Waals surface area contributed by atoms with Crippen LogP contribution in [0.3, 0.4) is 0 Å². The molecule has 0 aromatic heterocycles. The van der Waals surface area contributed by atoms with Crippen molar-refractivity contribution in [1.82, 2.24) is 9.80 Å². The molecule has 2 aromatic rings. The van der Waals surface area contributed by atoms with Crippen LogP contribution >= 0.6 is 0 Å². The lowest BCUT2D eigenvalue weighted by Gasteiger charge is -2.32. The molecule has 2 heterocycles. The molecule has 0 aliphatic carbocycles. The molecule has 0 saturated carbocycles. The largest absolute Gasteiger partial charge is 0.493 e. The molecule has 32 heavy (non-hydrogen) atoms. The summed E-state index contributed by atoms with van der Waals surface area (Å²) in [5.41, 5.74) is 1.14. The molecular weight excluding hydrogens is 407 g/mol. The van der Waals surface area contributed by atoms with E-state index in [-0.39, 0.29) is 30.0 Å². The summed E-state index contributed by atoms with van der Waals surface area (Å²) in [6.45, 7) is 3.52. The van der Waals surface area contributed by atoms with Crippen LogP contribution in [0.5, 0.6) is 5.75 Å². The highest BCUT2D eigenvalue weighted by Crippen LogP contribution is 2.21. The fourth-order valence-corrected chi connectivity index (χ4v) is 4.53. The third-order valence-corrected chi connectivity index (χ3v) is 6.40. The molecule has 0 bridgehead atoms. The van der Waals surface area contributed by atoms with Crippen molar-refractivity contribution in [2.45, 2.75) is 38.5 Å². The minimum atomic E-state index is -0.333. The van der Waals surface area contributed by atoms with Gasteiger partial charge >= 0.3 is 0 Å². The van der Waals surface area contributed by atoms with Gasteiger partial charge in [0, 0.05) is 37.7 Å². The summed E-state index contributed by atoms with van der Waals surface area (Å²) in [7, 11) is 0. The zero-order valence-electron chi connectivity index (χ0n) is 18.5. The van der Waals surface area contributed by atoms with Crippen molar-refractivity contribution in [3.8, 4) is 5.75 Å². The molecule has 4 rings (SSSR count). The van der Waals surface area contributed by atoms with E-state index >= 15 is 0 Å². The number of likely N-dealkylation sites (tertiary alicyclic amines) is 2. The van der Waals surface area contributed by atoms with Gasteiger partial charge in [-0.15, -0.1) is 0 Å². The summed E-state index contributed by atoms with van der Waals surface area (Å²) in [5, 5.41) is 0. The Morgan fingerprint density at radius 3 is 2.38 bits per heavy atom. The lowest BCUT2D eigenvalue weighted by molar-refractivity contribution is -0.132. The Balaban J connectivity index is 1.26. The van der Waals surface area contributed by atoms with Crippen molar-refractivity contribution >= 4 is 11.8 Å². The first kappa shape index (κ1) is 22.3. The van der Waals surface area contributed by atoms with E-state index < -0.39 is 0 Å². The average Bonchev–Trinajstić information content (AvgIpc) is 2.85. The zero-order valence-corrected chi connectivity index (χ0v) is 18.5. The molecule has 2 aromatic carbocycles. The molecule has 2 amide bonds. The van der Waals surface area contributed by atoms with E-state index in [9.17, 15) is 14.0 Å². The SMILES string of the molecule is O=C(Cc1ccccc1F)N1CCC[C@H](COc2ccc(C(=O)N3CCCCC3)cc2)C1. The molecule has 2 fully saturated rings. The Hall–Kier alpha value is -2.89. The van der Waals surface area contributed by atoms with Crippen molar-refractivity contribution in [2.24, 2.45) is 5.92 Å². The van der Waals surface area contributed by atoms with E-state index in [2.05, 4.69) is 0 Å². The molecule has 0 spiro atoms. The van der Waals surface area contributed by atoms with Crippen LogP contribution in [0.2, 0.25) is 0 Å². The number of benzene rings is 2. The molecule has 2 aliphatic heterocycles. The van der Waals surface area contributed by atoms with E-state index in [1.807, 2.05) is 34.1 Å². The Labute approximate surface area is 189 Å². The van der Waals surface area contributed by atoms with Gasteiger partial charge in [0.15, 0.2) is 0 Å². The number of amides is 2. The molecule has 0 radical (unpaired) electrons. The van der Waals surface area contributed by atoms with Crippen LogP contribution in [0.4, 0.5) is 4.39 Å². The monoisotopic (exact) mass is 438 g/mol. The predicted molar refractivity (Wildman–Crippen MR) is 121 cm³/mol. The minimum absolute atomic E-state index is 0.0413. The van der Waals surface area contributed by atoms with Crippen molar-refractivity contribution in [2.75, 3.05) is 32.8 Å². The molecule has 6 heteroatoms. The molecular formula is C26H31FN2O3. The Morgan fingerprint density at radius 1 is 0.906 bits per heavy atom. The van der Waals surface area contributed by atoms with Gasteiger partial charge in [-0.2, -0.15) is 0 Å². The third-order valence-electron chi connectivity index (χ3n) is 6.40. The van der Waals surface area contributed by atoms with Gasteiger partial charge in [-0.05, 0) is 68.0 Å². The molecule has 2 aliphatic rings. The second-order valence-corrected chi connectivity index (χ2v) is 8.80. The summed E-state index contributed by atoms with van der Waals surface area (Å²) in [6, 6.07) is 13.8. The Kier molecular flexibility index (Phi) is 7.40. The van der Waals surface area contributed by atoms with Crippen molar-refractivity contribution in [3.05, 3.63) is 65.5 Å². The lowest BCUT2D eigenvalue weighted by atomic mass is 9.98. The van der Waals surface area contributed by atoms with E-state index in [1.165, 1.54) is 12.5 Å². The first-order valence-corrected chi connectivity index (χ1v) is 11.6. The highest BCUT2D eigenvalue weighted by molar-refractivity contribution is 5.94. The summed E-state index contributed by atoms with van der Waals surface area (Å²) >= 11 is 0. The van der Waals surface area contributed by atoms with Crippen LogP contribution in [0.1, 0.15) is 48.0 Å². The van der Waals surface area contributed by atoms with Crippen molar-refractivity contribution < 1.29 is 18.7 Å². The predicted octanol–water partition coefficient (Wildman–Crippen LogP) is 4.31. The Morgan fingerprint density at radius 2 is 1.62 bits per heavy atom. The average molecular weight is 439 g/mol. The van der Waals surface area contributed by atoms with Crippen LogP contribution in [0, 0.1) is 11.7 Å². The first-order valence-electron chi connectivity index (χ1n) is 11.6. The number of nitrogens with zero attached hydrogens (tertiary/aromatic N) is 2. The van der Waals surface area contributed by atoms with E-state index in [1.54, 1.807) is 18.2 Å². The number of ether oxygens (including phenoxy) is 1. The van der Waals surface area contributed by atoms with Gasteiger partial charge in [0.05, 0.1) is 13.0 Å². The maximum atomic E-state index is 13.9. The van der Waals surface area contributed by atoms with Gasteiger partial charge in [0.1, 0.15) is 11.6 Å². The van der Waals surface area contributed by atoms with Crippen LogP contribution in [-0.2, 0) is 11.2 Å². The number of carbonyl (C=O) groups excluding carboxylic acids is 2. The number of carbonyl (C=O) groups is 2. The highest BCUT2D eigenvalue weighted by atomic mass is 19.1. The minimum Gasteiger partial charge on any atom is -0.493 e. The number of halogens is 1. The fraction of sp³-hybridized carbons (Fsp3) is 0.462. The van der Waals surface area contributed by atoms with Gasteiger partial charge in [0.2, 0.25) is 5.91 Å². The molecule has 1 atom stereocenters. The van der Waals surface area contributed by atoms with Crippen LogP contribution < -0.4 is 4.74 Å². The van der Waals surface area contributed by atoms with Crippen LogP contribution in [-0.4, -0.2) is 54.4 Å². The number of rotatable bonds is 6. The third kappa shape index (κ3) is 5.67. The molecule has 2 saturated heterocycles. The van der Waals surface area contributed by atoms with Crippen LogP contribution in [0.25, 0.3) is 0 Å². The second kappa shape index (κ2) is 10.6. The van der Waals surface area contributed by atoms with Gasteiger partial charge in [-0.25, -0.2) is 4.39 Å². The summed E-state index contributed by atoms with van der Waals surface area (Å²) < 4.78 is 19.8. The van der Waals surface area contributed by atoms with Gasteiger partial charge in [-0.3, -0.25) is 9.59 Å². The normalized spacial score (nSPS) is 19.0. The van der Waals surface area contributed by atoms with Crippen molar-refractivity contribution in [1.29, 1.82) is 0 Å². The second-order valence-electron chi connectivity index (χ2n) is 8.80. The summed E-state index contributed by atoms with van der Waals surface area (Å²) in [6.07, 6.45) is 5.36. The van der Waals surface area contributed by atoms with Gasteiger partial charge in [0.25, 0.3) is 5.91 Å². The van der Waals surface area contributed by atoms with Gasteiger partial charge in [-0.1, -0.05) is 18.2 Å². The number of piperidine rings is 2. The molecule has 0 N–H and O–H groups in total. The molecule has 0 unspecified atom stereocenters. The molecule has 5 nitrogen and oxygen atoms in total. The summed E-state index contributed by atoms with van der Waals surface area (Å²) in [5.74, 6) is 0.686. The smallest absolute Gasteiger partial charge is 0.253 e. The number of hydrogen-bond acceptors (Lipinski definition) is 3.